The van der Waals surface area contributed by atoms with Gasteiger partial charge in [0.15, 0.2) is 11.5 Å². The lowest BCUT2D eigenvalue weighted by Gasteiger charge is -2.34. The zero-order valence-electron chi connectivity index (χ0n) is 21.1. The van der Waals surface area contributed by atoms with E-state index < -0.39 is 0 Å². The van der Waals surface area contributed by atoms with Crippen LogP contribution in [0.25, 0.3) is 10.9 Å². The van der Waals surface area contributed by atoms with Crippen LogP contribution in [0.5, 0.6) is 17.2 Å². The summed E-state index contributed by atoms with van der Waals surface area (Å²) in [6.07, 6.45) is 3.59. The molecule has 0 unspecified atom stereocenters. The highest BCUT2D eigenvalue weighted by Gasteiger charge is 2.18. The monoisotopic (exact) mass is 559 g/mol. The van der Waals surface area contributed by atoms with Crippen molar-refractivity contribution >= 4 is 45.5 Å². The number of hydrogen-bond acceptors (Lipinski definition) is 8. The third kappa shape index (κ3) is 6.91. The molecule has 4 rings (SSSR count). The maximum Gasteiger partial charge on any atom is 0.163 e. The van der Waals surface area contributed by atoms with Crippen molar-refractivity contribution in [3.05, 3.63) is 46.1 Å². The molecular formula is C28H35Cl2N5O3. The van der Waals surface area contributed by atoms with Crippen LogP contribution in [-0.2, 0) is 0 Å². The minimum atomic E-state index is -0.124. The van der Waals surface area contributed by atoms with Gasteiger partial charge in [-0.3, -0.25) is 4.98 Å². The number of nitrogens with one attached hydrogen (secondary N) is 1. The van der Waals surface area contributed by atoms with Crippen LogP contribution in [0.3, 0.4) is 0 Å². The fourth-order valence-corrected chi connectivity index (χ4v) is 4.91. The van der Waals surface area contributed by atoms with Gasteiger partial charge >= 0.3 is 0 Å². The van der Waals surface area contributed by atoms with E-state index in [1.807, 2.05) is 6.07 Å². The Labute approximate surface area is 234 Å². The molecule has 1 aliphatic heterocycles. The second-order valence-corrected chi connectivity index (χ2v) is 9.79. The van der Waals surface area contributed by atoms with Gasteiger partial charge < -0.3 is 29.7 Å². The van der Waals surface area contributed by atoms with E-state index in [-0.39, 0.29) is 18.2 Å². The highest BCUT2D eigenvalue weighted by Crippen LogP contribution is 2.40. The molecule has 1 fully saturated rings. The Bertz CT molecular complexity index is 1290. The average molecular weight is 561 g/mol. The van der Waals surface area contributed by atoms with Crippen molar-refractivity contribution < 1.29 is 14.6 Å². The smallest absolute Gasteiger partial charge is 0.163 e. The summed E-state index contributed by atoms with van der Waals surface area (Å²) in [4.78, 5) is 9.45. The number of nitriles is 1. The molecule has 0 bridgehead atoms. The van der Waals surface area contributed by atoms with Crippen molar-refractivity contribution in [2.45, 2.75) is 27.2 Å². The minimum Gasteiger partial charge on any atom is -0.506 e. The van der Waals surface area contributed by atoms with Gasteiger partial charge in [0.25, 0.3) is 0 Å². The summed E-state index contributed by atoms with van der Waals surface area (Å²) in [5, 5.41) is 24.0. The Morgan fingerprint density at radius 1 is 1.05 bits per heavy atom. The number of piperazine rings is 1. The number of ether oxygens (including phenoxy) is 2. The molecule has 0 aliphatic carbocycles. The van der Waals surface area contributed by atoms with Crippen molar-refractivity contribution in [3.63, 3.8) is 0 Å². The van der Waals surface area contributed by atoms with Crippen LogP contribution in [-0.4, -0.2) is 72.9 Å². The maximum absolute atomic E-state index is 10.0. The van der Waals surface area contributed by atoms with Crippen molar-refractivity contribution in [3.8, 4) is 23.3 Å². The molecule has 38 heavy (non-hydrogen) atoms. The molecule has 3 aromatic rings. The molecule has 2 heterocycles. The first-order chi connectivity index (χ1) is 17.9. The van der Waals surface area contributed by atoms with Gasteiger partial charge in [0.2, 0.25) is 0 Å². The fourth-order valence-electron chi connectivity index (χ4n) is 4.48. The molecule has 1 aliphatic rings. The van der Waals surface area contributed by atoms with Crippen LogP contribution in [0.4, 0.5) is 11.4 Å². The van der Waals surface area contributed by atoms with Crippen LogP contribution < -0.4 is 14.8 Å². The molecule has 1 saturated heterocycles. The first-order valence-electron chi connectivity index (χ1n) is 12.4. The van der Waals surface area contributed by atoms with E-state index in [1.165, 1.54) is 31.3 Å². The van der Waals surface area contributed by atoms with E-state index in [0.717, 1.165) is 39.1 Å². The van der Waals surface area contributed by atoms with E-state index >= 15 is 0 Å². The van der Waals surface area contributed by atoms with Crippen molar-refractivity contribution in [1.29, 1.82) is 5.26 Å². The third-order valence-corrected chi connectivity index (χ3v) is 7.07. The van der Waals surface area contributed by atoms with Crippen molar-refractivity contribution in [2.24, 2.45) is 0 Å². The third-order valence-electron chi connectivity index (χ3n) is 6.45. The van der Waals surface area contributed by atoms with E-state index in [1.54, 1.807) is 13.2 Å². The first-order valence-corrected chi connectivity index (χ1v) is 13.1. The number of phenols is 1. The summed E-state index contributed by atoms with van der Waals surface area (Å²) in [6, 6.07) is 8.60. The van der Waals surface area contributed by atoms with Crippen LogP contribution in [0.15, 0.2) is 30.5 Å². The van der Waals surface area contributed by atoms with E-state index in [9.17, 15) is 10.4 Å². The second kappa shape index (κ2) is 13.7. The maximum atomic E-state index is 10.0. The van der Waals surface area contributed by atoms with Crippen LogP contribution >= 0.6 is 23.2 Å². The Kier molecular flexibility index (Phi) is 10.7. The lowest BCUT2D eigenvalue weighted by atomic mass is 10.1. The number of methoxy groups -OCH3 is 1. The lowest BCUT2D eigenvalue weighted by molar-refractivity contribution is 0.126. The van der Waals surface area contributed by atoms with Gasteiger partial charge in [0.1, 0.15) is 11.8 Å². The zero-order chi connectivity index (χ0) is 26.4. The fraction of sp³-hybridized carbons (Fsp3) is 0.429. The molecule has 8 nitrogen and oxygen atoms in total. The number of fused-ring (bicyclic) bond motifs is 1. The molecule has 2 aromatic carbocycles. The Balaban J connectivity index is 0.00000400. The molecule has 0 spiro atoms. The summed E-state index contributed by atoms with van der Waals surface area (Å²) in [7, 11) is 1.58. The summed E-state index contributed by atoms with van der Waals surface area (Å²) < 4.78 is 11.7. The number of aromatic hydroxyl groups is 1. The number of hydrogen-bond donors (Lipinski definition) is 2. The lowest BCUT2D eigenvalue weighted by Crippen LogP contribution is -2.46. The van der Waals surface area contributed by atoms with Crippen molar-refractivity contribution in [2.75, 3.05) is 58.3 Å². The van der Waals surface area contributed by atoms with E-state index in [2.05, 4.69) is 33.1 Å². The molecule has 0 saturated carbocycles. The quantitative estimate of drug-likeness (QED) is 0.279. The Morgan fingerprint density at radius 2 is 1.76 bits per heavy atom. The van der Waals surface area contributed by atoms with Gasteiger partial charge in [-0.05, 0) is 31.5 Å². The SMILES string of the molecule is C.CCCN1CCN(CCCOc2cc3ncc(C#N)c(Nc4cc(O)c(Cl)cc4Cl)c3cc2OC)CC1. The number of benzene rings is 2. The normalized spacial score (nSPS) is 14.1. The molecule has 0 amide bonds. The van der Waals surface area contributed by atoms with Gasteiger partial charge in [-0.1, -0.05) is 37.6 Å². The van der Waals surface area contributed by atoms with Gasteiger partial charge in [-0.25, -0.2) is 0 Å². The number of nitrogens with zero attached hydrogens (tertiary/aromatic N) is 4. The number of anilines is 2. The van der Waals surface area contributed by atoms with Crippen LogP contribution in [0, 0.1) is 11.3 Å². The van der Waals surface area contributed by atoms with Gasteiger partial charge in [-0.2, -0.15) is 5.26 Å². The summed E-state index contributed by atoms with van der Waals surface area (Å²) in [5.41, 5.74) is 1.83. The number of aromatic nitrogens is 1. The summed E-state index contributed by atoms with van der Waals surface area (Å²) in [5.74, 6) is 1.00. The van der Waals surface area contributed by atoms with Gasteiger partial charge in [0, 0.05) is 56.4 Å². The average Bonchev–Trinajstić information content (AvgIpc) is 2.90. The van der Waals surface area contributed by atoms with Crippen LogP contribution in [0.1, 0.15) is 32.8 Å². The largest absolute Gasteiger partial charge is 0.506 e. The number of rotatable bonds is 10. The minimum absolute atomic E-state index is 0. The molecule has 204 valence electrons. The number of phenolic OH excluding ortho intramolecular Hbond substituents is 1. The zero-order valence-corrected chi connectivity index (χ0v) is 22.6. The molecule has 0 radical (unpaired) electrons. The number of pyridine rings is 1. The van der Waals surface area contributed by atoms with E-state index in [0.29, 0.717) is 51.0 Å². The molecular weight excluding hydrogens is 525 g/mol. The predicted molar refractivity (Wildman–Crippen MR) is 154 cm³/mol. The Hall–Kier alpha value is -2.96. The Morgan fingerprint density at radius 3 is 2.42 bits per heavy atom. The van der Waals surface area contributed by atoms with Crippen LogP contribution in [0.2, 0.25) is 10.0 Å². The van der Waals surface area contributed by atoms with Gasteiger partial charge in [-0.15, -0.1) is 0 Å². The topological polar surface area (TPSA) is 93.9 Å². The van der Waals surface area contributed by atoms with Crippen molar-refractivity contribution in [1.82, 2.24) is 14.8 Å². The second-order valence-electron chi connectivity index (χ2n) is 8.97. The molecule has 0 atom stereocenters. The van der Waals surface area contributed by atoms with E-state index in [4.69, 9.17) is 32.7 Å². The summed E-state index contributed by atoms with van der Waals surface area (Å²) >= 11 is 12.3. The van der Waals surface area contributed by atoms with Gasteiger partial charge in [0.05, 0.1) is 46.2 Å². The molecule has 10 heteroatoms. The molecule has 1 aromatic heterocycles. The highest BCUT2D eigenvalue weighted by molar-refractivity contribution is 6.37. The molecule has 2 N–H and O–H groups in total. The summed E-state index contributed by atoms with van der Waals surface area (Å²) in [6.45, 7) is 9.38. The standard InChI is InChI=1S/C27H31Cl2N5O3.CH4/c1-3-5-33-7-9-34(10-8-33)6-4-11-37-26-15-22-19(12-25(26)36-2)27(18(16-30)17-31-22)32-23-14-24(35)21(29)13-20(23)28;/h12-15,17,35H,3-11H2,1-2H3,(H,31,32);1H4. The first kappa shape index (κ1) is 29.6. The number of halogens is 2. The predicted octanol–water partition coefficient (Wildman–Crippen LogP) is 6.30. The highest BCUT2D eigenvalue weighted by atomic mass is 35.5.